The Morgan fingerprint density at radius 1 is 1.18 bits per heavy atom. The van der Waals surface area contributed by atoms with Crippen molar-refractivity contribution in [2.24, 2.45) is 0 Å². The minimum absolute atomic E-state index is 0.244. The summed E-state index contributed by atoms with van der Waals surface area (Å²) in [5.41, 5.74) is 0. The van der Waals surface area contributed by atoms with Crippen LogP contribution in [0.5, 0.6) is 0 Å². The summed E-state index contributed by atoms with van der Waals surface area (Å²) < 4.78 is 0. The number of rotatable bonds is 6. The monoisotopic (exact) mass is 159 g/mol. The molecule has 1 unspecified atom stereocenters. The maximum absolute atomic E-state index is 9.35. The van der Waals surface area contributed by atoms with Gasteiger partial charge < -0.3 is 5.11 Å². The highest BCUT2D eigenvalue weighted by Gasteiger charge is 2.04. The molecule has 0 fully saturated rings. The topological polar surface area (TPSA) is 23.5 Å². The lowest BCUT2D eigenvalue weighted by Crippen LogP contribution is -2.27. The van der Waals surface area contributed by atoms with Crippen LogP contribution in [0.1, 0.15) is 39.0 Å². The van der Waals surface area contributed by atoms with Gasteiger partial charge in [0, 0.05) is 0 Å². The van der Waals surface area contributed by atoms with Gasteiger partial charge in [0.15, 0.2) is 0 Å². The summed E-state index contributed by atoms with van der Waals surface area (Å²) in [5.74, 6) is 0. The molecule has 0 rings (SSSR count). The van der Waals surface area contributed by atoms with Gasteiger partial charge in [0.2, 0.25) is 0 Å². The van der Waals surface area contributed by atoms with Gasteiger partial charge in [-0.2, -0.15) is 0 Å². The second-order valence-electron chi connectivity index (χ2n) is 3.29. The van der Waals surface area contributed by atoms with Crippen LogP contribution in [0.15, 0.2) is 0 Å². The van der Waals surface area contributed by atoms with E-state index in [1.807, 2.05) is 19.0 Å². The average molecular weight is 159 g/mol. The van der Waals surface area contributed by atoms with Gasteiger partial charge >= 0.3 is 0 Å². The first-order chi connectivity index (χ1) is 5.18. The van der Waals surface area contributed by atoms with Crippen molar-refractivity contribution in [2.75, 3.05) is 14.1 Å². The molecule has 0 bridgehead atoms. The van der Waals surface area contributed by atoms with Crippen molar-refractivity contribution in [2.45, 2.75) is 45.3 Å². The van der Waals surface area contributed by atoms with E-state index in [2.05, 4.69) is 6.92 Å². The molecule has 0 amide bonds. The van der Waals surface area contributed by atoms with Crippen LogP contribution in [0, 0.1) is 0 Å². The van der Waals surface area contributed by atoms with Crippen molar-refractivity contribution < 1.29 is 5.11 Å². The molecule has 0 saturated carbocycles. The number of hydrogen-bond donors (Lipinski definition) is 1. The van der Waals surface area contributed by atoms with E-state index in [4.69, 9.17) is 0 Å². The molecule has 0 saturated heterocycles. The molecule has 0 aliphatic rings. The summed E-state index contributed by atoms with van der Waals surface area (Å²) in [6, 6.07) is 0. The zero-order valence-electron chi connectivity index (χ0n) is 8.01. The van der Waals surface area contributed by atoms with Gasteiger partial charge in [-0.3, -0.25) is 4.90 Å². The first-order valence-corrected chi connectivity index (χ1v) is 4.53. The molecule has 0 aromatic rings. The van der Waals surface area contributed by atoms with Crippen LogP contribution >= 0.6 is 0 Å². The van der Waals surface area contributed by atoms with Crippen molar-refractivity contribution in [3.63, 3.8) is 0 Å². The predicted octanol–water partition coefficient (Wildman–Crippen LogP) is 1.84. The summed E-state index contributed by atoms with van der Waals surface area (Å²) in [6.45, 7) is 2.20. The number of unbranched alkanes of at least 4 members (excludes halogenated alkanes) is 3. The Hall–Kier alpha value is -0.0800. The van der Waals surface area contributed by atoms with Gasteiger partial charge in [-0.1, -0.05) is 26.2 Å². The van der Waals surface area contributed by atoms with Crippen molar-refractivity contribution in [1.82, 2.24) is 4.90 Å². The van der Waals surface area contributed by atoms with Crippen LogP contribution in [0.25, 0.3) is 0 Å². The Bertz CT molecular complexity index is 83.6. The molecule has 0 spiro atoms. The van der Waals surface area contributed by atoms with Gasteiger partial charge in [0.05, 0.1) is 0 Å². The smallest absolute Gasteiger partial charge is 0.106 e. The maximum atomic E-state index is 9.35. The lowest BCUT2D eigenvalue weighted by molar-refractivity contribution is 0.0313. The summed E-state index contributed by atoms with van der Waals surface area (Å²) in [7, 11) is 3.81. The third-order valence-electron chi connectivity index (χ3n) is 1.91. The van der Waals surface area contributed by atoms with E-state index in [1.54, 1.807) is 0 Å². The van der Waals surface area contributed by atoms with E-state index in [9.17, 15) is 5.11 Å². The van der Waals surface area contributed by atoms with E-state index >= 15 is 0 Å². The second-order valence-corrected chi connectivity index (χ2v) is 3.29. The molecule has 2 nitrogen and oxygen atoms in total. The van der Waals surface area contributed by atoms with E-state index in [0.29, 0.717) is 0 Å². The fraction of sp³-hybridized carbons (Fsp3) is 1.00. The Morgan fingerprint density at radius 2 is 1.82 bits per heavy atom. The SMILES string of the molecule is CCCCCCC(O)N(C)C. The Balaban J connectivity index is 3.10. The third-order valence-corrected chi connectivity index (χ3v) is 1.91. The molecule has 0 radical (unpaired) electrons. The highest BCUT2D eigenvalue weighted by Crippen LogP contribution is 2.06. The quantitative estimate of drug-likeness (QED) is 0.472. The first kappa shape index (κ1) is 10.9. The molecule has 68 valence electrons. The molecule has 0 aromatic carbocycles. The maximum Gasteiger partial charge on any atom is 0.106 e. The van der Waals surface area contributed by atoms with Crippen LogP contribution in [0.2, 0.25) is 0 Å². The average Bonchev–Trinajstić information content (AvgIpc) is 1.97. The standard InChI is InChI=1S/C9H21NO/c1-4-5-6-7-8-9(11)10(2)3/h9,11H,4-8H2,1-3H3. The van der Waals surface area contributed by atoms with E-state index in [1.165, 1.54) is 19.3 Å². The van der Waals surface area contributed by atoms with Crippen molar-refractivity contribution in [3.05, 3.63) is 0 Å². The highest BCUT2D eigenvalue weighted by atomic mass is 16.3. The predicted molar refractivity (Wildman–Crippen MR) is 48.5 cm³/mol. The molecule has 0 aromatic heterocycles. The summed E-state index contributed by atoms with van der Waals surface area (Å²) >= 11 is 0. The van der Waals surface area contributed by atoms with Crippen LogP contribution in [-0.2, 0) is 0 Å². The normalized spacial score (nSPS) is 13.9. The third kappa shape index (κ3) is 6.32. The summed E-state index contributed by atoms with van der Waals surface area (Å²) in [5, 5.41) is 9.35. The van der Waals surface area contributed by atoms with E-state index in [-0.39, 0.29) is 6.23 Å². The minimum Gasteiger partial charge on any atom is -0.378 e. The molecular formula is C9H21NO. The van der Waals surface area contributed by atoms with Gasteiger partial charge in [-0.25, -0.2) is 0 Å². The lowest BCUT2D eigenvalue weighted by Gasteiger charge is -2.17. The van der Waals surface area contributed by atoms with Crippen molar-refractivity contribution in [1.29, 1.82) is 0 Å². The van der Waals surface area contributed by atoms with Gasteiger partial charge in [0.1, 0.15) is 6.23 Å². The second kappa shape index (κ2) is 6.62. The van der Waals surface area contributed by atoms with Crippen LogP contribution in [0.4, 0.5) is 0 Å². The fourth-order valence-corrected chi connectivity index (χ4v) is 1.01. The lowest BCUT2D eigenvalue weighted by atomic mass is 10.1. The van der Waals surface area contributed by atoms with Crippen LogP contribution < -0.4 is 0 Å². The van der Waals surface area contributed by atoms with E-state index in [0.717, 1.165) is 12.8 Å². The van der Waals surface area contributed by atoms with Crippen molar-refractivity contribution >= 4 is 0 Å². The fourth-order valence-electron chi connectivity index (χ4n) is 1.01. The molecule has 1 atom stereocenters. The molecule has 2 heteroatoms. The summed E-state index contributed by atoms with van der Waals surface area (Å²) in [4.78, 5) is 1.85. The molecule has 0 aliphatic heterocycles. The van der Waals surface area contributed by atoms with Gasteiger partial charge in [0.25, 0.3) is 0 Å². The largest absolute Gasteiger partial charge is 0.378 e. The van der Waals surface area contributed by atoms with Crippen molar-refractivity contribution in [3.8, 4) is 0 Å². The first-order valence-electron chi connectivity index (χ1n) is 4.53. The number of hydrogen-bond acceptors (Lipinski definition) is 2. The van der Waals surface area contributed by atoms with Gasteiger partial charge in [-0.15, -0.1) is 0 Å². The Labute approximate surface area is 70.2 Å². The molecule has 0 aliphatic carbocycles. The highest BCUT2D eigenvalue weighted by molar-refractivity contribution is 4.51. The molecular weight excluding hydrogens is 138 g/mol. The Kier molecular flexibility index (Phi) is 6.57. The zero-order chi connectivity index (χ0) is 8.69. The van der Waals surface area contributed by atoms with E-state index < -0.39 is 0 Å². The molecule has 11 heavy (non-hydrogen) atoms. The number of nitrogens with zero attached hydrogens (tertiary/aromatic N) is 1. The molecule has 0 heterocycles. The van der Waals surface area contributed by atoms with Crippen LogP contribution in [0.3, 0.4) is 0 Å². The minimum atomic E-state index is -0.244. The Morgan fingerprint density at radius 3 is 2.27 bits per heavy atom. The zero-order valence-corrected chi connectivity index (χ0v) is 8.01. The number of aliphatic hydroxyl groups is 1. The van der Waals surface area contributed by atoms with Crippen LogP contribution in [-0.4, -0.2) is 30.3 Å². The van der Waals surface area contributed by atoms with Gasteiger partial charge in [-0.05, 0) is 26.9 Å². The number of aliphatic hydroxyl groups excluding tert-OH is 1. The summed E-state index contributed by atoms with van der Waals surface area (Å²) in [6.07, 6.45) is 5.62. The molecule has 1 N–H and O–H groups in total.